The van der Waals surface area contributed by atoms with E-state index in [1.54, 1.807) is 12.1 Å². The average Bonchev–Trinajstić information content (AvgIpc) is 3.19. The van der Waals surface area contributed by atoms with E-state index in [2.05, 4.69) is 0 Å². The molecule has 0 heterocycles. The van der Waals surface area contributed by atoms with Crippen LogP contribution in [0.5, 0.6) is 11.5 Å². The van der Waals surface area contributed by atoms with E-state index in [-0.39, 0.29) is 30.3 Å². The number of alkyl halides is 10. The molecule has 0 unspecified atom stereocenters. The minimum atomic E-state index is -5.72. The minimum Gasteiger partial charge on any atom is -0.508 e. The maximum Gasteiger partial charge on any atom is 0.453 e. The molecular weight excluding hydrogens is 891 g/mol. The van der Waals surface area contributed by atoms with E-state index in [1.165, 1.54) is 0 Å². The van der Waals surface area contributed by atoms with Gasteiger partial charge in [-0.3, -0.25) is 0 Å². The fourth-order valence-corrected chi connectivity index (χ4v) is 9.77. The van der Waals surface area contributed by atoms with Gasteiger partial charge in [0.15, 0.2) is 0 Å². The third kappa shape index (κ3) is 19.1. The molecule has 0 aliphatic carbocycles. The fourth-order valence-electron chi connectivity index (χ4n) is 6.91. The van der Waals surface area contributed by atoms with Crippen LogP contribution < -0.4 is 4.74 Å². The highest BCUT2D eigenvalue weighted by Gasteiger charge is 2.57. The van der Waals surface area contributed by atoms with Gasteiger partial charge in [0.05, 0.1) is 29.6 Å². The van der Waals surface area contributed by atoms with Crippen molar-refractivity contribution in [2.75, 3.05) is 29.6 Å². The maximum absolute atomic E-state index is 13.1. The van der Waals surface area contributed by atoms with Gasteiger partial charge in [-0.2, -0.15) is 43.9 Å². The Morgan fingerprint density at radius 1 is 0.460 bits per heavy atom. The number of rotatable bonds is 29. The Bertz CT molecular complexity index is 2050. The number of ether oxygens (including phenoxy) is 1. The molecule has 6 nitrogen and oxygen atoms in total. The monoisotopic (exact) mass is 946 g/mol. The lowest BCUT2D eigenvalue weighted by Crippen LogP contribution is -2.36. The van der Waals surface area contributed by atoms with Crippen molar-refractivity contribution in [3.63, 3.8) is 0 Å². The van der Waals surface area contributed by atoms with Crippen LogP contribution in [-0.4, -0.2) is 75.8 Å². The standard InChI is InChI=1S/C45H56F10O6S2/c46-42(47,44(50,51)52)28-15-33-62(57,58)31-13-6-4-2-1-3-5-11-19-40(35-17-9-7-10-18-35)41(36-20-24-38(56)25-21-36)37-22-26-39(27-23-37)61-30-12-8-14-32-63(59,60)34-16-29-43(48,49)45(53,54)55/h7,9-10,17-18,20-27,56H,1-6,8,11-16,19,28-34H2/b41-40-. The first-order valence-corrected chi connectivity index (χ1v) is 24.7. The number of halogens is 10. The zero-order valence-electron chi connectivity index (χ0n) is 34.9. The number of benzene rings is 3. The molecule has 0 fully saturated rings. The molecule has 0 aromatic heterocycles. The van der Waals surface area contributed by atoms with Crippen LogP contribution >= 0.6 is 0 Å². The van der Waals surface area contributed by atoms with E-state index in [0.29, 0.717) is 31.4 Å². The van der Waals surface area contributed by atoms with Gasteiger partial charge in [-0.1, -0.05) is 93.1 Å². The van der Waals surface area contributed by atoms with E-state index >= 15 is 0 Å². The summed E-state index contributed by atoms with van der Waals surface area (Å²) in [6.07, 6.45) is -8.13. The van der Waals surface area contributed by atoms with Crippen LogP contribution in [0.2, 0.25) is 0 Å². The summed E-state index contributed by atoms with van der Waals surface area (Å²) >= 11 is 0. The molecule has 0 spiro atoms. The number of hydrogen-bond donors (Lipinski definition) is 1. The van der Waals surface area contributed by atoms with Crippen LogP contribution in [0.25, 0.3) is 11.1 Å². The van der Waals surface area contributed by atoms with E-state index in [9.17, 15) is 65.8 Å². The van der Waals surface area contributed by atoms with Crippen molar-refractivity contribution in [3.05, 3.63) is 95.6 Å². The van der Waals surface area contributed by atoms with Crippen LogP contribution in [-0.2, 0) is 19.7 Å². The molecule has 0 saturated heterocycles. The number of allylic oxidation sites excluding steroid dienone is 1. The van der Waals surface area contributed by atoms with E-state index in [4.69, 9.17) is 4.74 Å². The summed E-state index contributed by atoms with van der Waals surface area (Å²) in [6, 6.07) is 24.3. The van der Waals surface area contributed by atoms with Crippen molar-refractivity contribution in [1.82, 2.24) is 0 Å². The van der Waals surface area contributed by atoms with Gasteiger partial charge in [-0.25, -0.2) is 16.8 Å². The maximum atomic E-state index is 13.1. The normalized spacial score (nSPS) is 13.6. The van der Waals surface area contributed by atoms with Crippen LogP contribution in [0.15, 0.2) is 78.9 Å². The molecule has 0 aliphatic heterocycles. The SMILES string of the molecule is O=S(=O)(CCCCCCCCCC/C(=C(\c1ccc(O)cc1)c1ccc(OCCCCCS(=O)(=O)CCCC(F)(F)C(F)(F)F)cc1)c1ccccc1)CCCC(F)(F)C(F)(F)F. The van der Waals surface area contributed by atoms with Gasteiger partial charge < -0.3 is 9.84 Å². The van der Waals surface area contributed by atoms with Crippen molar-refractivity contribution in [3.8, 4) is 11.5 Å². The van der Waals surface area contributed by atoms with Gasteiger partial charge in [0.1, 0.15) is 31.2 Å². The van der Waals surface area contributed by atoms with Crippen molar-refractivity contribution in [1.29, 1.82) is 0 Å². The van der Waals surface area contributed by atoms with Crippen LogP contribution in [0.4, 0.5) is 43.9 Å². The van der Waals surface area contributed by atoms with Gasteiger partial charge >= 0.3 is 24.2 Å². The van der Waals surface area contributed by atoms with E-state index in [1.807, 2.05) is 66.7 Å². The Balaban J connectivity index is 1.52. The van der Waals surface area contributed by atoms with Gasteiger partial charge in [0, 0.05) is 12.8 Å². The lowest BCUT2D eigenvalue weighted by atomic mass is 9.86. The van der Waals surface area contributed by atoms with Crippen molar-refractivity contribution in [2.45, 2.75) is 127 Å². The Kier molecular flexibility index (Phi) is 20.8. The molecule has 0 amide bonds. The lowest BCUT2D eigenvalue weighted by molar-refractivity contribution is -0.284. The third-order valence-electron chi connectivity index (χ3n) is 10.4. The van der Waals surface area contributed by atoms with Crippen molar-refractivity contribution in [2.24, 2.45) is 0 Å². The van der Waals surface area contributed by atoms with Crippen LogP contribution in [0.3, 0.4) is 0 Å². The second-order valence-corrected chi connectivity index (χ2v) is 20.3. The highest BCUT2D eigenvalue weighted by molar-refractivity contribution is 7.91. The first kappa shape index (κ1) is 53.5. The smallest absolute Gasteiger partial charge is 0.453 e. The first-order chi connectivity index (χ1) is 29.4. The first-order valence-electron chi connectivity index (χ1n) is 21.0. The quantitative estimate of drug-likeness (QED) is 0.0423. The molecule has 18 heteroatoms. The van der Waals surface area contributed by atoms with Crippen molar-refractivity contribution < 1.29 is 70.6 Å². The predicted molar refractivity (Wildman–Crippen MR) is 226 cm³/mol. The topological polar surface area (TPSA) is 97.7 Å². The molecule has 3 aromatic carbocycles. The number of hydrogen-bond acceptors (Lipinski definition) is 6. The third-order valence-corrected chi connectivity index (χ3v) is 14.1. The Morgan fingerprint density at radius 2 is 0.857 bits per heavy atom. The number of aromatic hydroxyl groups is 1. The second kappa shape index (κ2) is 24.5. The number of phenols is 1. The Hall–Kier alpha value is -3.80. The largest absolute Gasteiger partial charge is 0.508 e. The summed E-state index contributed by atoms with van der Waals surface area (Å²) in [7, 11) is -7.52. The van der Waals surface area contributed by atoms with E-state index < -0.39 is 81.1 Å². The highest BCUT2D eigenvalue weighted by atomic mass is 32.2. The summed E-state index contributed by atoms with van der Waals surface area (Å²) in [6.45, 7) is 0.262. The Morgan fingerprint density at radius 3 is 1.32 bits per heavy atom. The molecule has 354 valence electrons. The average molecular weight is 947 g/mol. The van der Waals surface area contributed by atoms with E-state index in [0.717, 1.165) is 72.8 Å². The van der Waals surface area contributed by atoms with Crippen LogP contribution in [0, 0.1) is 0 Å². The van der Waals surface area contributed by atoms with Crippen LogP contribution in [0.1, 0.15) is 119 Å². The molecule has 0 aliphatic rings. The molecule has 0 saturated carbocycles. The number of phenolic OH excluding ortho intramolecular Hbond substituents is 1. The zero-order chi connectivity index (χ0) is 46.8. The minimum absolute atomic E-state index is 0.111. The number of sulfone groups is 2. The fraction of sp³-hybridized carbons (Fsp3) is 0.556. The second-order valence-electron chi connectivity index (χ2n) is 15.7. The molecular formula is C45H56F10O6S2. The summed E-state index contributed by atoms with van der Waals surface area (Å²) in [5.74, 6) is -11.2. The summed E-state index contributed by atoms with van der Waals surface area (Å²) < 4.78 is 181. The lowest BCUT2D eigenvalue weighted by Gasteiger charge is -2.19. The predicted octanol–water partition coefficient (Wildman–Crippen LogP) is 13.2. The Labute approximate surface area is 364 Å². The van der Waals surface area contributed by atoms with Crippen molar-refractivity contribution >= 4 is 30.8 Å². The summed E-state index contributed by atoms with van der Waals surface area (Å²) in [4.78, 5) is 0. The molecule has 1 N–H and O–H groups in total. The zero-order valence-corrected chi connectivity index (χ0v) is 36.6. The molecule has 63 heavy (non-hydrogen) atoms. The number of unbranched alkanes of at least 4 members (excludes halogenated alkanes) is 9. The highest BCUT2D eigenvalue weighted by Crippen LogP contribution is 2.40. The molecule has 0 atom stereocenters. The van der Waals surface area contributed by atoms with Gasteiger partial charge in [-0.05, 0) is 103 Å². The van der Waals surface area contributed by atoms with Gasteiger partial charge in [0.2, 0.25) is 0 Å². The molecule has 0 radical (unpaired) electrons. The van der Waals surface area contributed by atoms with Gasteiger partial charge in [-0.15, -0.1) is 0 Å². The summed E-state index contributed by atoms with van der Waals surface area (Å²) in [5, 5.41) is 10.1. The molecule has 3 aromatic rings. The molecule has 3 rings (SSSR count). The molecule has 0 bridgehead atoms. The van der Waals surface area contributed by atoms with Gasteiger partial charge in [0.25, 0.3) is 0 Å². The summed E-state index contributed by atoms with van der Waals surface area (Å²) in [5.41, 5.74) is 4.84.